The molecule has 0 spiro atoms. The number of rotatable bonds is 12. The molecule has 0 aliphatic rings. The van der Waals surface area contributed by atoms with E-state index in [0.717, 1.165) is 18.7 Å². The molecule has 0 saturated heterocycles. The third-order valence-electron chi connectivity index (χ3n) is 3.43. The van der Waals surface area contributed by atoms with E-state index < -0.39 is 0 Å². The van der Waals surface area contributed by atoms with Gasteiger partial charge >= 0.3 is 0 Å². The third kappa shape index (κ3) is 10.8. The van der Waals surface area contributed by atoms with Crippen LogP contribution in [0.5, 0.6) is 11.5 Å². The van der Waals surface area contributed by atoms with Crippen LogP contribution in [-0.2, 0) is 11.3 Å². The molecule has 0 saturated carbocycles. The Hall–Kier alpha value is -1.83. The van der Waals surface area contributed by atoms with E-state index in [0.29, 0.717) is 31.2 Å². The van der Waals surface area contributed by atoms with E-state index in [2.05, 4.69) is 16.0 Å². The number of hydrogen-bond donors (Lipinski definition) is 4. The smallest absolute Gasteiger partial charge is 0.258 e. The van der Waals surface area contributed by atoms with Crippen LogP contribution in [0.15, 0.2) is 18.2 Å². The lowest BCUT2D eigenvalue weighted by Gasteiger charge is -2.21. The second-order valence-corrected chi connectivity index (χ2v) is 7.53. The van der Waals surface area contributed by atoms with E-state index in [4.69, 9.17) is 9.47 Å². The van der Waals surface area contributed by atoms with Gasteiger partial charge in [0.2, 0.25) is 0 Å². The van der Waals surface area contributed by atoms with Crippen LogP contribution in [0.4, 0.5) is 0 Å². The topological polar surface area (TPSA) is 91.8 Å². The summed E-state index contributed by atoms with van der Waals surface area (Å²) >= 11 is 0. The number of aliphatic hydroxyl groups excluding tert-OH is 1. The minimum absolute atomic E-state index is 0.0517. The second kappa shape index (κ2) is 11.8. The summed E-state index contributed by atoms with van der Waals surface area (Å²) in [4.78, 5) is 11.9. The van der Waals surface area contributed by atoms with Crippen LogP contribution in [0.2, 0.25) is 0 Å². The van der Waals surface area contributed by atoms with Gasteiger partial charge in [0.15, 0.2) is 18.1 Å². The maximum absolute atomic E-state index is 11.9. The van der Waals surface area contributed by atoms with Crippen LogP contribution in [0.1, 0.15) is 40.2 Å². The summed E-state index contributed by atoms with van der Waals surface area (Å²) < 4.78 is 11.3. The molecule has 0 radical (unpaired) electrons. The monoisotopic (exact) mass is 381 g/mol. The van der Waals surface area contributed by atoms with Crippen molar-refractivity contribution in [3.8, 4) is 11.5 Å². The number of carbonyl (C=O) groups is 1. The van der Waals surface area contributed by atoms with E-state index in [1.807, 2.05) is 45.9 Å². The number of ether oxygens (including phenoxy) is 2. The molecule has 1 amide bonds. The van der Waals surface area contributed by atoms with Crippen LogP contribution in [0, 0.1) is 0 Å². The van der Waals surface area contributed by atoms with Crippen molar-refractivity contribution in [1.82, 2.24) is 16.0 Å². The van der Waals surface area contributed by atoms with Crippen LogP contribution < -0.4 is 25.4 Å². The van der Waals surface area contributed by atoms with E-state index in [-0.39, 0.29) is 24.2 Å². The lowest BCUT2D eigenvalue weighted by atomic mass is 10.1. The minimum atomic E-state index is -0.336. The highest BCUT2D eigenvalue weighted by atomic mass is 16.5. The highest BCUT2D eigenvalue weighted by molar-refractivity contribution is 5.78. The molecule has 0 fully saturated rings. The van der Waals surface area contributed by atoms with Gasteiger partial charge < -0.3 is 30.5 Å². The molecule has 0 heterocycles. The van der Waals surface area contributed by atoms with Crippen molar-refractivity contribution in [3.63, 3.8) is 0 Å². The maximum Gasteiger partial charge on any atom is 0.258 e. The minimum Gasteiger partial charge on any atom is -0.490 e. The number of benzene rings is 1. The first-order valence-corrected chi connectivity index (χ1v) is 9.50. The van der Waals surface area contributed by atoms with Crippen LogP contribution in [0.3, 0.4) is 0 Å². The zero-order chi connectivity index (χ0) is 20.3. The molecule has 0 bridgehead atoms. The standard InChI is InChI=1S/C20H35N3O4/c1-6-26-18-11-16(13-22-10-9-21-12-15(2)24)7-8-17(18)27-14-19(25)23-20(3,4)5/h7-8,11,15,21-22,24H,6,9-10,12-14H2,1-5H3,(H,23,25). The SMILES string of the molecule is CCOc1cc(CNCCNCC(C)O)ccc1OCC(=O)NC(C)(C)C. The summed E-state index contributed by atoms with van der Waals surface area (Å²) in [5.74, 6) is 1.02. The van der Waals surface area contributed by atoms with E-state index in [9.17, 15) is 9.90 Å². The Morgan fingerprint density at radius 2 is 1.85 bits per heavy atom. The van der Waals surface area contributed by atoms with Crippen molar-refractivity contribution in [3.05, 3.63) is 23.8 Å². The third-order valence-corrected chi connectivity index (χ3v) is 3.43. The lowest BCUT2D eigenvalue weighted by molar-refractivity contribution is -0.124. The summed E-state index contributed by atoms with van der Waals surface area (Å²) in [6.45, 7) is 12.8. The number of carbonyl (C=O) groups excluding carboxylic acids is 1. The van der Waals surface area contributed by atoms with Crippen molar-refractivity contribution in [2.45, 2.75) is 52.8 Å². The Morgan fingerprint density at radius 1 is 1.15 bits per heavy atom. The largest absolute Gasteiger partial charge is 0.490 e. The fourth-order valence-corrected chi connectivity index (χ4v) is 2.37. The molecule has 7 heteroatoms. The zero-order valence-corrected chi connectivity index (χ0v) is 17.2. The summed E-state index contributed by atoms with van der Waals surface area (Å²) in [6.07, 6.45) is -0.336. The fraction of sp³-hybridized carbons (Fsp3) is 0.650. The molecule has 0 aliphatic carbocycles. The molecule has 154 valence electrons. The molecule has 1 unspecified atom stereocenters. The summed E-state index contributed by atoms with van der Waals surface area (Å²) in [5.41, 5.74) is 0.781. The molecular weight excluding hydrogens is 346 g/mol. The Labute approximate surface area is 162 Å². The number of nitrogens with one attached hydrogen (secondary N) is 3. The first-order valence-electron chi connectivity index (χ1n) is 9.50. The normalized spacial score (nSPS) is 12.5. The van der Waals surface area contributed by atoms with Gasteiger partial charge in [-0.3, -0.25) is 4.79 Å². The highest BCUT2D eigenvalue weighted by Crippen LogP contribution is 2.28. The maximum atomic E-state index is 11.9. The van der Waals surface area contributed by atoms with Crippen LogP contribution in [-0.4, -0.2) is 55.5 Å². The first kappa shape index (κ1) is 23.2. The molecule has 1 rings (SSSR count). The number of amides is 1. The van der Waals surface area contributed by atoms with Gasteiger partial charge in [0.25, 0.3) is 5.91 Å². The Kier molecular flexibility index (Phi) is 10.1. The van der Waals surface area contributed by atoms with Crippen molar-refractivity contribution in [1.29, 1.82) is 0 Å². The van der Waals surface area contributed by atoms with Gasteiger partial charge in [-0.1, -0.05) is 6.07 Å². The van der Waals surface area contributed by atoms with Gasteiger partial charge in [0.05, 0.1) is 12.7 Å². The predicted octanol–water partition coefficient (Wildman–Crippen LogP) is 1.44. The van der Waals surface area contributed by atoms with Gasteiger partial charge in [-0.15, -0.1) is 0 Å². The second-order valence-electron chi connectivity index (χ2n) is 7.53. The van der Waals surface area contributed by atoms with E-state index in [1.54, 1.807) is 6.92 Å². The average Bonchev–Trinajstić information content (AvgIpc) is 2.55. The van der Waals surface area contributed by atoms with Crippen molar-refractivity contribution >= 4 is 5.91 Å². The molecule has 4 N–H and O–H groups in total. The zero-order valence-electron chi connectivity index (χ0n) is 17.2. The van der Waals surface area contributed by atoms with Crippen molar-refractivity contribution in [2.75, 3.05) is 32.8 Å². The summed E-state index contributed by atoms with van der Waals surface area (Å²) in [5, 5.41) is 18.6. The van der Waals surface area contributed by atoms with Gasteiger partial charge in [0.1, 0.15) is 0 Å². The molecule has 27 heavy (non-hydrogen) atoms. The molecule has 1 aromatic rings. The van der Waals surface area contributed by atoms with Crippen LogP contribution >= 0.6 is 0 Å². The van der Waals surface area contributed by atoms with Gasteiger partial charge in [0, 0.05) is 31.7 Å². The average molecular weight is 382 g/mol. The Morgan fingerprint density at radius 3 is 2.48 bits per heavy atom. The Bertz CT molecular complexity index is 571. The lowest BCUT2D eigenvalue weighted by Crippen LogP contribution is -2.43. The van der Waals surface area contributed by atoms with Gasteiger partial charge in [-0.05, 0) is 52.3 Å². The Balaban J connectivity index is 2.52. The number of hydrogen-bond acceptors (Lipinski definition) is 6. The fourth-order valence-electron chi connectivity index (χ4n) is 2.37. The first-order chi connectivity index (χ1) is 12.7. The molecule has 7 nitrogen and oxygen atoms in total. The van der Waals surface area contributed by atoms with Crippen molar-refractivity contribution in [2.24, 2.45) is 0 Å². The quantitative estimate of drug-likeness (QED) is 0.410. The predicted molar refractivity (Wildman–Crippen MR) is 107 cm³/mol. The number of aliphatic hydroxyl groups is 1. The molecule has 0 aliphatic heterocycles. The molecule has 1 atom stereocenters. The van der Waals surface area contributed by atoms with Gasteiger partial charge in [-0.25, -0.2) is 0 Å². The summed E-state index contributed by atoms with van der Waals surface area (Å²) in [6, 6.07) is 5.71. The highest BCUT2D eigenvalue weighted by Gasteiger charge is 2.15. The van der Waals surface area contributed by atoms with Gasteiger partial charge in [-0.2, -0.15) is 0 Å². The molecule has 1 aromatic carbocycles. The summed E-state index contributed by atoms with van der Waals surface area (Å²) in [7, 11) is 0. The van der Waals surface area contributed by atoms with Crippen LogP contribution in [0.25, 0.3) is 0 Å². The van der Waals surface area contributed by atoms with Crippen molar-refractivity contribution < 1.29 is 19.4 Å². The molecule has 0 aromatic heterocycles. The molecular formula is C20H35N3O4. The van der Waals surface area contributed by atoms with E-state index in [1.165, 1.54) is 0 Å². The van der Waals surface area contributed by atoms with E-state index >= 15 is 0 Å².